The third kappa shape index (κ3) is 1.01. The molecule has 0 aromatic rings. The van der Waals surface area contributed by atoms with E-state index in [0.717, 1.165) is 6.04 Å². The Bertz CT molecular complexity index is 155. The Morgan fingerprint density at radius 1 is 1.45 bits per heavy atom. The van der Waals surface area contributed by atoms with Crippen LogP contribution < -0.4 is 0 Å². The molecule has 2 saturated heterocycles. The maximum atomic E-state index is 2.70. The highest BCUT2D eigenvalue weighted by molar-refractivity contribution is 4.98. The highest BCUT2D eigenvalue weighted by Crippen LogP contribution is 2.44. The minimum Gasteiger partial charge on any atom is -0.300 e. The molecular weight excluding hydrogens is 134 g/mol. The molecule has 2 aliphatic rings. The van der Waals surface area contributed by atoms with E-state index in [1.165, 1.54) is 38.8 Å². The van der Waals surface area contributed by atoms with Gasteiger partial charge < -0.3 is 0 Å². The quantitative estimate of drug-likeness (QED) is 0.558. The fourth-order valence-corrected chi connectivity index (χ4v) is 2.86. The van der Waals surface area contributed by atoms with Crippen molar-refractivity contribution in [2.24, 2.45) is 5.41 Å². The maximum Gasteiger partial charge on any atom is 0.0150 e. The molecule has 0 amide bonds. The van der Waals surface area contributed by atoms with Gasteiger partial charge in [0.15, 0.2) is 0 Å². The summed E-state index contributed by atoms with van der Waals surface area (Å²) in [5, 5.41) is 0. The molecular formula is C10H19N. The van der Waals surface area contributed by atoms with Crippen molar-refractivity contribution in [2.75, 3.05) is 13.1 Å². The fourth-order valence-electron chi connectivity index (χ4n) is 2.86. The van der Waals surface area contributed by atoms with Crippen molar-refractivity contribution in [1.29, 1.82) is 0 Å². The molecule has 2 atom stereocenters. The first-order valence-corrected chi connectivity index (χ1v) is 5.00. The second-order valence-electron chi connectivity index (χ2n) is 4.45. The van der Waals surface area contributed by atoms with Crippen molar-refractivity contribution in [1.82, 2.24) is 4.90 Å². The average Bonchev–Trinajstić information content (AvgIpc) is 2.55. The van der Waals surface area contributed by atoms with Crippen LogP contribution in [0.3, 0.4) is 0 Å². The number of hydrogen-bond donors (Lipinski definition) is 0. The summed E-state index contributed by atoms with van der Waals surface area (Å²) in [6.07, 6.45) is 5.72. The largest absolute Gasteiger partial charge is 0.300 e. The van der Waals surface area contributed by atoms with Crippen LogP contribution in [-0.2, 0) is 0 Å². The van der Waals surface area contributed by atoms with E-state index in [1.54, 1.807) is 0 Å². The maximum absolute atomic E-state index is 2.70. The van der Waals surface area contributed by atoms with Gasteiger partial charge in [-0.25, -0.2) is 0 Å². The number of fused-ring (bicyclic) bond motifs is 1. The van der Waals surface area contributed by atoms with Gasteiger partial charge in [-0.05, 0) is 44.2 Å². The van der Waals surface area contributed by atoms with Crippen molar-refractivity contribution < 1.29 is 0 Å². The fraction of sp³-hybridized carbons (Fsp3) is 1.00. The topological polar surface area (TPSA) is 3.24 Å². The summed E-state index contributed by atoms with van der Waals surface area (Å²) in [6.45, 7) is 7.57. The second kappa shape index (κ2) is 2.48. The summed E-state index contributed by atoms with van der Waals surface area (Å²) >= 11 is 0. The minimum atomic E-state index is 0.663. The lowest BCUT2D eigenvalue weighted by Gasteiger charge is -2.29. The smallest absolute Gasteiger partial charge is 0.0150 e. The van der Waals surface area contributed by atoms with Crippen LogP contribution in [0.5, 0.6) is 0 Å². The summed E-state index contributed by atoms with van der Waals surface area (Å²) in [6, 6.07) is 0.937. The second-order valence-corrected chi connectivity index (χ2v) is 4.45. The molecule has 2 unspecified atom stereocenters. The summed E-state index contributed by atoms with van der Waals surface area (Å²) < 4.78 is 0. The van der Waals surface area contributed by atoms with Gasteiger partial charge >= 0.3 is 0 Å². The minimum absolute atomic E-state index is 0.663. The zero-order valence-corrected chi connectivity index (χ0v) is 7.77. The molecule has 0 aromatic heterocycles. The van der Waals surface area contributed by atoms with E-state index in [9.17, 15) is 0 Å². The summed E-state index contributed by atoms with van der Waals surface area (Å²) in [7, 11) is 0. The zero-order valence-electron chi connectivity index (χ0n) is 7.77. The highest BCUT2D eigenvalue weighted by atomic mass is 15.2. The van der Waals surface area contributed by atoms with E-state index in [4.69, 9.17) is 0 Å². The highest BCUT2D eigenvalue weighted by Gasteiger charge is 2.44. The van der Waals surface area contributed by atoms with Crippen LogP contribution >= 0.6 is 0 Å². The monoisotopic (exact) mass is 153 g/mol. The molecule has 0 spiro atoms. The van der Waals surface area contributed by atoms with E-state index >= 15 is 0 Å². The van der Waals surface area contributed by atoms with Crippen LogP contribution in [0.25, 0.3) is 0 Å². The van der Waals surface area contributed by atoms with E-state index in [2.05, 4.69) is 18.7 Å². The molecule has 11 heavy (non-hydrogen) atoms. The van der Waals surface area contributed by atoms with Gasteiger partial charge in [-0.2, -0.15) is 0 Å². The molecule has 2 heterocycles. The molecule has 2 rings (SSSR count). The molecule has 1 heteroatoms. The predicted molar refractivity (Wildman–Crippen MR) is 47.6 cm³/mol. The number of nitrogens with zero attached hydrogens (tertiary/aromatic N) is 1. The summed E-state index contributed by atoms with van der Waals surface area (Å²) in [4.78, 5) is 2.70. The number of rotatable bonds is 1. The van der Waals surface area contributed by atoms with Crippen molar-refractivity contribution in [3.63, 3.8) is 0 Å². The normalized spacial score (nSPS) is 44.7. The Morgan fingerprint density at radius 3 is 3.00 bits per heavy atom. The van der Waals surface area contributed by atoms with E-state index in [-0.39, 0.29) is 0 Å². The Hall–Kier alpha value is -0.0400. The Balaban J connectivity index is 2.14. The molecule has 64 valence electrons. The van der Waals surface area contributed by atoms with Gasteiger partial charge in [0.1, 0.15) is 0 Å². The molecule has 0 aromatic carbocycles. The lowest BCUT2D eigenvalue weighted by Crippen LogP contribution is -2.32. The van der Waals surface area contributed by atoms with Crippen molar-refractivity contribution >= 4 is 0 Å². The first kappa shape index (κ1) is 7.60. The van der Waals surface area contributed by atoms with Crippen LogP contribution in [0.15, 0.2) is 0 Å². The van der Waals surface area contributed by atoms with E-state index in [0.29, 0.717) is 5.41 Å². The van der Waals surface area contributed by atoms with Crippen molar-refractivity contribution in [3.8, 4) is 0 Å². The molecule has 2 fully saturated rings. The van der Waals surface area contributed by atoms with Gasteiger partial charge in [0.05, 0.1) is 0 Å². The van der Waals surface area contributed by atoms with Crippen molar-refractivity contribution in [3.05, 3.63) is 0 Å². The zero-order chi connectivity index (χ0) is 7.90. The first-order chi connectivity index (χ1) is 5.26. The van der Waals surface area contributed by atoms with Crippen LogP contribution in [0.1, 0.15) is 39.5 Å². The summed E-state index contributed by atoms with van der Waals surface area (Å²) in [5.74, 6) is 0. The SMILES string of the molecule is CCC1(C)CCN2CCCC21. The first-order valence-electron chi connectivity index (χ1n) is 5.00. The third-order valence-corrected chi connectivity index (χ3v) is 3.95. The molecule has 1 nitrogen and oxygen atoms in total. The molecule has 2 aliphatic heterocycles. The Kier molecular flexibility index (Phi) is 1.71. The van der Waals surface area contributed by atoms with Gasteiger partial charge in [0.25, 0.3) is 0 Å². The van der Waals surface area contributed by atoms with Crippen molar-refractivity contribution in [2.45, 2.75) is 45.6 Å². The molecule has 0 bridgehead atoms. The van der Waals surface area contributed by atoms with Gasteiger partial charge in [0, 0.05) is 6.04 Å². The summed E-state index contributed by atoms with van der Waals surface area (Å²) in [5.41, 5.74) is 0.663. The van der Waals surface area contributed by atoms with Gasteiger partial charge in [-0.15, -0.1) is 0 Å². The van der Waals surface area contributed by atoms with Crippen LogP contribution in [0.2, 0.25) is 0 Å². The van der Waals surface area contributed by atoms with Gasteiger partial charge in [0.2, 0.25) is 0 Å². The number of hydrogen-bond acceptors (Lipinski definition) is 1. The predicted octanol–water partition coefficient (Wildman–Crippen LogP) is 2.27. The molecule has 0 saturated carbocycles. The van der Waals surface area contributed by atoms with Crippen LogP contribution in [0.4, 0.5) is 0 Å². The van der Waals surface area contributed by atoms with E-state index in [1.807, 2.05) is 0 Å². The lowest BCUT2D eigenvalue weighted by molar-refractivity contribution is 0.205. The van der Waals surface area contributed by atoms with Crippen LogP contribution in [0, 0.1) is 5.41 Å². The average molecular weight is 153 g/mol. The third-order valence-electron chi connectivity index (χ3n) is 3.95. The standard InChI is InChI=1S/C10H19N/c1-3-10(2)6-8-11-7-4-5-9(10)11/h9H,3-8H2,1-2H3. The Morgan fingerprint density at radius 2 is 2.27 bits per heavy atom. The Labute approximate surface area is 69.8 Å². The van der Waals surface area contributed by atoms with Crippen LogP contribution in [-0.4, -0.2) is 24.0 Å². The van der Waals surface area contributed by atoms with E-state index < -0.39 is 0 Å². The molecule has 0 aliphatic carbocycles. The van der Waals surface area contributed by atoms with Gasteiger partial charge in [-0.1, -0.05) is 13.8 Å². The van der Waals surface area contributed by atoms with Gasteiger partial charge in [-0.3, -0.25) is 4.90 Å². The molecule has 0 N–H and O–H groups in total. The lowest BCUT2D eigenvalue weighted by atomic mass is 9.79. The molecule has 0 radical (unpaired) electrons.